The SMILES string of the molecule is CCCN(Cc1cn2cc(Cl)ccc2n1)Cc1nnc(-c2ccccc2Cl)o1. The molecule has 28 heavy (non-hydrogen) atoms. The van der Waals surface area contributed by atoms with Crippen LogP contribution < -0.4 is 0 Å². The molecule has 0 aliphatic carbocycles. The van der Waals surface area contributed by atoms with Gasteiger partial charge >= 0.3 is 0 Å². The molecule has 0 amide bonds. The molecule has 0 aliphatic rings. The van der Waals surface area contributed by atoms with E-state index in [1.165, 1.54) is 0 Å². The minimum absolute atomic E-state index is 0.430. The molecule has 0 N–H and O–H groups in total. The van der Waals surface area contributed by atoms with E-state index in [9.17, 15) is 0 Å². The first-order chi connectivity index (χ1) is 13.6. The smallest absolute Gasteiger partial charge is 0.249 e. The molecule has 0 spiro atoms. The third-order valence-electron chi connectivity index (χ3n) is 4.32. The summed E-state index contributed by atoms with van der Waals surface area (Å²) >= 11 is 12.3. The van der Waals surface area contributed by atoms with Crippen molar-refractivity contribution in [2.75, 3.05) is 6.54 Å². The molecule has 0 radical (unpaired) electrons. The Labute approximate surface area is 172 Å². The summed E-state index contributed by atoms with van der Waals surface area (Å²) in [5, 5.41) is 9.61. The van der Waals surface area contributed by atoms with Crippen LogP contribution in [-0.2, 0) is 13.1 Å². The number of imidazole rings is 1. The lowest BCUT2D eigenvalue weighted by Gasteiger charge is -2.18. The molecule has 0 saturated heterocycles. The van der Waals surface area contributed by atoms with Gasteiger partial charge in [-0.05, 0) is 37.2 Å². The molecule has 3 heterocycles. The number of halogens is 2. The summed E-state index contributed by atoms with van der Waals surface area (Å²) in [6, 6.07) is 11.2. The zero-order chi connectivity index (χ0) is 19.5. The number of hydrogen-bond acceptors (Lipinski definition) is 5. The van der Waals surface area contributed by atoms with E-state index in [1.807, 2.05) is 47.1 Å². The van der Waals surface area contributed by atoms with Crippen molar-refractivity contribution < 1.29 is 4.42 Å². The van der Waals surface area contributed by atoms with Gasteiger partial charge in [0, 0.05) is 18.9 Å². The van der Waals surface area contributed by atoms with E-state index in [-0.39, 0.29) is 0 Å². The number of nitrogens with zero attached hydrogens (tertiary/aromatic N) is 5. The minimum atomic E-state index is 0.430. The molecule has 0 saturated carbocycles. The fraction of sp³-hybridized carbons (Fsp3) is 0.250. The van der Waals surface area contributed by atoms with Gasteiger partial charge in [-0.1, -0.05) is 42.3 Å². The monoisotopic (exact) mass is 415 g/mol. The van der Waals surface area contributed by atoms with E-state index in [0.717, 1.165) is 29.9 Å². The van der Waals surface area contributed by atoms with Crippen LogP contribution in [-0.4, -0.2) is 31.0 Å². The molecule has 0 bridgehead atoms. The fourth-order valence-corrected chi connectivity index (χ4v) is 3.49. The van der Waals surface area contributed by atoms with Crippen molar-refractivity contribution in [3.8, 4) is 11.5 Å². The number of benzene rings is 1. The summed E-state index contributed by atoms with van der Waals surface area (Å²) < 4.78 is 7.78. The summed E-state index contributed by atoms with van der Waals surface area (Å²) in [4.78, 5) is 6.89. The van der Waals surface area contributed by atoms with Crippen molar-refractivity contribution in [2.24, 2.45) is 0 Å². The van der Waals surface area contributed by atoms with E-state index < -0.39 is 0 Å². The van der Waals surface area contributed by atoms with Gasteiger partial charge in [-0.25, -0.2) is 4.98 Å². The number of pyridine rings is 1. The largest absolute Gasteiger partial charge is 0.419 e. The molecule has 1 aromatic carbocycles. The predicted octanol–water partition coefficient (Wildman–Crippen LogP) is 5.10. The van der Waals surface area contributed by atoms with Crippen LogP contribution in [0.4, 0.5) is 0 Å². The first-order valence-electron chi connectivity index (χ1n) is 9.05. The highest BCUT2D eigenvalue weighted by Crippen LogP contribution is 2.26. The molecule has 0 aliphatic heterocycles. The average molecular weight is 416 g/mol. The molecule has 6 nitrogen and oxygen atoms in total. The first kappa shape index (κ1) is 18.9. The molecule has 0 atom stereocenters. The van der Waals surface area contributed by atoms with Crippen molar-refractivity contribution in [2.45, 2.75) is 26.4 Å². The van der Waals surface area contributed by atoms with Crippen LogP contribution in [0.5, 0.6) is 0 Å². The van der Waals surface area contributed by atoms with Gasteiger partial charge in [0.2, 0.25) is 11.8 Å². The Hall–Kier alpha value is -2.41. The normalized spacial score (nSPS) is 11.6. The van der Waals surface area contributed by atoms with Gasteiger partial charge in [0.1, 0.15) is 5.65 Å². The highest BCUT2D eigenvalue weighted by Gasteiger charge is 2.15. The quantitative estimate of drug-likeness (QED) is 0.419. The third kappa shape index (κ3) is 4.19. The van der Waals surface area contributed by atoms with Crippen LogP contribution in [0.25, 0.3) is 17.1 Å². The Balaban J connectivity index is 1.51. The second-order valence-electron chi connectivity index (χ2n) is 6.54. The summed E-state index contributed by atoms with van der Waals surface area (Å²) in [7, 11) is 0. The van der Waals surface area contributed by atoms with E-state index in [4.69, 9.17) is 27.6 Å². The van der Waals surface area contributed by atoms with Crippen molar-refractivity contribution in [3.05, 3.63) is 70.4 Å². The lowest BCUT2D eigenvalue weighted by molar-refractivity contribution is 0.230. The van der Waals surface area contributed by atoms with Gasteiger partial charge in [-0.3, -0.25) is 4.90 Å². The zero-order valence-corrected chi connectivity index (χ0v) is 16.9. The molecule has 0 unspecified atom stereocenters. The number of fused-ring (bicyclic) bond motifs is 1. The van der Waals surface area contributed by atoms with Crippen LogP contribution in [0, 0.1) is 0 Å². The van der Waals surface area contributed by atoms with Gasteiger partial charge in [-0.2, -0.15) is 0 Å². The van der Waals surface area contributed by atoms with Gasteiger partial charge in [0.05, 0.1) is 27.8 Å². The first-order valence-corrected chi connectivity index (χ1v) is 9.80. The molecule has 144 valence electrons. The zero-order valence-electron chi connectivity index (χ0n) is 15.3. The maximum absolute atomic E-state index is 6.22. The molecule has 4 rings (SSSR count). The summed E-state index contributed by atoms with van der Waals surface area (Å²) in [5.41, 5.74) is 2.57. The van der Waals surface area contributed by atoms with Crippen molar-refractivity contribution in [3.63, 3.8) is 0 Å². The summed E-state index contributed by atoms with van der Waals surface area (Å²) in [6.07, 6.45) is 4.85. The number of hydrogen-bond donors (Lipinski definition) is 0. The molecule has 8 heteroatoms. The lowest BCUT2D eigenvalue weighted by Crippen LogP contribution is -2.24. The molecule has 0 fully saturated rings. The van der Waals surface area contributed by atoms with Crippen LogP contribution in [0.3, 0.4) is 0 Å². The average Bonchev–Trinajstić information content (AvgIpc) is 3.28. The molecular weight excluding hydrogens is 397 g/mol. The Morgan fingerprint density at radius 3 is 2.71 bits per heavy atom. The Bertz CT molecular complexity index is 1090. The van der Waals surface area contributed by atoms with Crippen molar-refractivity contribution >= 4 is 28.8 Å². The van der Waals surface area contributed by atoms with Crippen LogP contribution in [0.1, 0.15) is 24.9 Å². The predicted molar refractivity (Wildman–Crippen MR) is 109 cm³/mol. The van der Waals surface area contributed by atoms with E-state index in [1.54, 1.807) is 6.07 Å². The number of aromatic nitrogens is 4. The Morgan fingerprint density at radius 1 is 1.04 bits per heavy atom. The van der Waals surface area contributed by atoms with Gasteiger partial charge in [0.15, 0.2) is 0 Å². The molecule has 3 aromatic heterocycles. The van der Waals surface area contributed by atoms with E-state index in [0.29, 0.717) is 34.9 Å². The highest BCUT2D eigenvalue weighted by molar-refractivity contribution is 6.33. The maximum Gasteiger partial charge on any atom is 0.249 e. The summed E-state index contributed by atoms with van der Waals surface area (Å²) in [5.74, 6) is 0.981. The van der Waals surface area contributed by atoms with Crippen LogP contribution >= 0.6 is 23.2 Å². The fourth-order valence-electron chi connectivity index (χ4n) is 3.11. The van der Waals surface area contributed by atoms with Gasteiger partial charge in [0.25, 0.3) is 0 Å². The van der Waals surface area contributed by atoms with Crippen molar-refractivity contribution in [1.29, 1.82) is 0 Å². The van der Waals surface area contributed by atoms with Gasteiger partial charge < -0.3 is 8.82 Å². The van der Waals surface area contributed by atoms with Crippen LogP contribution in [0.15, 0.2) is 53.2 Å². The highest BCUT2D eigenvalue weighted by atomic mass is 35.5. The lowest BCUT2D eigenvalue weighted by atomic mass is 10.2. The summed E-state index contributed by atoms with van der Waals surface area (Å²) in [6.45, 7) is 4.24. The second-order valence-corrected chi connectivity index (χ2v) is 7.38. The van der Waals surface area contributed by atoms with Gasteiger partial charge in [-0.15, -0.1) is 10.2 Å². The topological polar surface area (TPSA) is 59.5 Å². The second kappa shape index (κ2) is 8.31. The van der Waals surface area contributed by atoms with Crippen molar-refractivity contribution in [1.82, 2.24) is 24.5 Å². The Morgan fingerprint density at radius 2 is 1.89 bits per heavy atom. The Kier molecular flexibility index (Phi) is 5.62. The standard InChI is InChI=1S/C20H19Cl2N5O/c1-2-9-26(11-15-12-27-10-14(21)7-8-18(27)23-15)13-19-24-25-20(28-19)16-5-3-4-6-17(16)22/h3-8,10,12H,2,9,11,13H2,1H3. The van der Waals surface area contributed by atoms with E-state index >= 15 is 0 Å². The number of rotatable bonds is 7. The van der Waals surface area contributed by atoms with Crippen LogP contribution in [0.2, 0.25) is 10.0 Å². The molecular formula is C20H19Cl2N5O. The molecule has 4 aromatic rings. The third-order valence-corrected chi connectivity index (χ3v) is 4.87. The van der Waals surface area contributed by atoms with E-state index in [2.05, 4.69) is 27.0 Å². The minimum Gasteiger partial charge on any atom is -0.419 e. The maximum atomic E-state index is 6.22.